The van der Waals surface area contributed by atoms with Gasteiger partial charge in [0.25, 0.3) is 5.91 Å². The van der Waals surface area contributed by atoms with Crippen molar-refractivity contribution in [2.45, 2.75) is 24.3 Å². The van der Waals surface area contributed by atoms with Gasteiger partial charge in [-0.3, -0.25) is 9.59 Å². The van der Waals surface area contributed by atoms with Crippen molar-refractivity contribution < 1.29 is 9.59 Å². The average Bonchev–Trinajstić information content (AvgIpc) is 3.02. The number of nitrogens with one attached hydrogen (secondary N) is 1. The molecule has 0 saturated carbocycles. The maximum absolute atomic E-state index is 12.6. The Morgan fingerprint density at radius 1 is 1.40 bits per heavy atom. The highest BCUT2D eigenvalue weighted by molar-refractivity contribution is 8.01. The fourth-order valence-corrected chi connectivity index (χ4v) is 4.15. The van der Waals surface area contributed by atoms with Crippen molar-refractivity contribution in [3.05, 3.63) is 29.8 Å². The third-order valence-electron chi connectivity index (χ3n) is 3.87. The number of carbonyl (C=O) groups excluding carboxylic acids is 2. The maximum atomic E-state index is 12.6. The zero-order chi connectivity index (χ0) is 14.2. The summed E-state index contributed by atoms with van der Waals surface area (Å²) >= 11 is 1.57. The van der Waals surface area contributed by atoms with Gasteiger partial charge in [0.15, 0.2) is 4.87 Å². The summed E-state index contributed by atoms with van der Waals surface area (Å²) in [7, 11) is 0. The minimum Gasteiger partial charge on any atom is -0.326 e. The molecule has 2 aliphatic heterocycles. The van der Waals surface area contributed by atoms with Gasteiger partial charge in [-0.1, -0.05) is 12.1 Å². The molecule has 0 radical (unpaired) electrons. The van der Waals surface area contributed by atoms with Crippen molar-refractivity contribution in [3.8, 4) is 0 Å². The van der Waals surface area contributed by atoms with Gasteiger partial charge in [0.1, 0.15) is 0 Å². The first kappa shape index (κ1) is 13.5. The van der Waals surface area contributed by atoms with Crippen LogP contribution in [0, 0.1) is 0 Å². The van der Waals surface area contributed by atoms with E-state index < -0.39 is 4.87 Å². The van der Waals surface area contributed by atoms with Crippen LogP contribution in [-0.2, 0) is 16.1 Å². The predicted octanol–water partition coefficient (Wildman–Crippen LogP) is 1.15. The number of rotatable bonds is 3. The normalized spacial score (nSPS) is 24.9. The summed E-state index contributed by atoms with van der Waals surface area (Å²) in [6.45, 7) is 1.15. The predicted molar refractivity (Wildman–Crippen MR) is 79.1 cm³/mol. The third kappa shape index (κ3) is 2.09. The molecule has 3 N–H and O–H groups in total. The number of hydrogen-bond acceptors (Lipinski definition) is 4. The topological polar surface area (TPSA) is 75.4 Å². The van der Waals surface area contributed by atoms with Crippen molar-refractivity contribution in [1.82, 2.24) is 4.90 Å². The zero-order valence-electron chi connectivity index (χ0n) is 11.1. The molecule has 20 heavy (non-hydrogen) atoms. The second kappa shape index (κ2) is 5.10. The fourth-order valence-electron chi connectivity index (χ4n) is 2.76. The summed E-state index contributed by atoms with van der Waals surface area (Å²) in [5.74, 6) is 0.820. The summed E-state index contributed by atoms with van der Waals surface area (Å²) in [4.78, 5) is 25.4. The first-order valence-electron chi connectivity index (χ1n) is 6.70. The number of carbonyl (C=O) groups is 2. The largest absolute Gasteiger partial charge is 0.326 e. The van der Waals surface area contributed by atoms with Gasteiger partial charge >= 0.3 is 0 Å². The molecule has 0 bridgehead atoms. The van der Waals surface area contributed by atoms with E-state index >= 15 is 0 Å². The average molecular weight is 291 g/mol. The van der Waals surface area contributed by atoms with Gasteiger partial charge in [0, 0.05) is 31.0 Å². The molecule has 6 heteroatoms. The lowest BCUT2D eigenvalue weighted by atomic mass is 10.1. The van der Waals surface area contributed by atoms with Crippen LogP contribution in [0.2, 0.25) is 0 Å². The molecule has 0 spiro atoms. The van der Waals surface area contributed by atoms with E-state index in [4.69, 9.17) is 5.73 Å². The van der Waals surface area contributed by atoms with Gasteiger partial charge in [-0.2, -0.15) is 0 Å². The first-order valence-corrected chi connectivity index (χ1v) is 7.69. The Morgan fingerprint density at radius 2 is 2.15 bits per heavy atom. The Hall–Kier alpha value is -1.53. The molecular formula is C14H17N3O2S. The van der Waals surface area contributed by atoms with Crippen LogP contribution in [0.5, 0.6) is 0 Å². The number of hydrogen-bond donors (Lipinski definition) is 2. The van der Waals surface area contributed by atoms with Gasteiger partial charge in [-0.05, 0) is 24.1 Å². The smallest absolute Gasteiger partial charge is 0.260 e. The van der Waals surface area contributed by atoms with Crippen LogP contribution in [0.1, 0.15) is 18.4 Å². The van der Waals surface area contributed by atoms with Crippen LogP contribution in [0.25, 0.3) is 0 Å². The van der Waals surface area contributed by atoms with Gasteiger partial charge < -0.3 is 16.0 Å². The van der Waals surface area contributed by atoms with E-state index in [1.807, 2.05) is 24.3 Å². The molecule has 1 atom stereocenters. The molecular weight excluding hydrogens is 274 g/mol. The molecule has 2 fully saturated rings. The molecule has 1 aromatic rings. The van der Waals surface area contributed by atoms with E-state index in [1.54, 1.807) is 16.7 Å². The Balaban J connectivity index is 1.77. The minimum absolute atomic E-state index is 0.0867. The minimum atomic E-state index is -0.691. The number of nitrogens with two attached hydrogens (primary N) is 1. The number of thioether (sulfide) groups is 1. The number of anilines is 1. The van der Waals surface area contributed by atoms with Crippen molar-refractivity contribution in [1.29, 1.82) is 0 Å². The monoisotopic (exact) mass is 291 g/mol. The molecule has 106 valence electrons. The Morgan fingerprint density at radius 3 is 2.85 bits per heavy atom. The van der Waals surface area contributed by atoms with Crippen molar-refractivity contribution >= 4 is 29.3 Å². The van der Waals surface area contributed by atoms with Crippen LogP contribution in [0.3, 0.4) is 0 Å². The molecule has 1 unspecified atom stereocenters. The summed E-state index contributed by atoms with van der Waals surface area (Å²) in [6.07, 6.45) is 1.07. The van der Waals surface area contributed by atoms with E-state index in [0.29, 0.717) is 25.9 Å². The molecule has 2 heterocycles. The molecule has 2 amide bonds. The highest BCUT2D eigenvalue weighted by Crippen LogP contribution is 2.45. The molecule has 2 saturated heterocycles. The van der Waals surface area contributed by atoms with Crippen molar-refractivity contribution in [3.63, 3.8) is 0 Å². The summed E-state index contributed by atoms with van der Waals surface area (Å²) in [5, 5.41) is 2.92. The van der Waals surface area contributed by atoms with Gasteiger partial charge in [0.2, 0.25) is 5.91 Å². The van der Waals surface area contributed by atoms with E-state index in [1.165, 1.54) is 0 Å². The molecule has 5 nitrogen and oxygen atoms in total. The Bertz CT molecular complexity index is 546. The van der Waals surface area contributed by atoms with E-state index in [2.05, 4.69) is 5.32 Å². The number of fused-ring (bicyclic) bond motifs is 1. The number of nitrogens with zero attached hydrogens (tertiary/aromatic N) is 1. The lowest BCUT2D eigenvalue weighted by Gasteiger charge is -2.29. The molecule has 0 aliphatic carbocycles. The lowest BCUT2D eigenvalue weighted by molar-refractivity contribution is -0.133. The van der Waals surface area contributed by atoms with Crippen molar-refractivity contribution in [2.24, 2.45) is 5.73 Å². The quantitative estimate of drug-likeness (QED) is 0.876. The van der Waals surface area contributed by atoms with Crippen LogP contribution in [-0.4, -0.2) is 33.9 Å². The van der Waals surface area contributed by atoms with Gasteiger partial charge in [-0.25, -0.2) is 0 Å². The summed E-state index contributed by atoms with van der Waals surface area (Å²) in [5.41, 5.74) is 7.32. The maximum Gasteiger partial charge on any atom is 0.260 e. The van der Waals surface area contributed by atoms with Crippen LogP contribution < -0.4 is 11.1 Å². The van der Waals surface area contributed by atoms with Crippen molar-refractivity contribution in [2.75, 3.05) is 17.6 Å². The van der Waals surface area contributed by atoms with E-state index in [-0.39, 0.29) is 11.8 Å². The molecule has 0 aromatic heterocycles. The standard InChI is InChI=1S/C14H17N3O2S/c15-9-10-1-3-11(4-2-10)16-13(19)14-6-5-12(18)17(14)7-8-20-14/h1-4H,5-9,15H2,(H,16,19). The SMILES string of the molecule is NCc1ccc(NC(=O)C23CCC(=O)N2CCS3)cc1. The van der Waals surface area contributed by atoms with Gasteiger partial charge in [-0.15, -0.1) is 11.8 Å². The third-order valence-corrected chi connectivity index (χ3v) is 5.35. The van der Waals surface area contributed by atoms with E-state index in [0.717, 1.165) is 17.0 Å². The fraction of sp³-hybridized carbons (Fsp3) is 0.429. The Kier molecular flexibility index (Phi) is 3.43. The zero-order valence-corrected chi connectivity index (χ0v) is 11.9. The second-order valence-corrected chi connectivity index (χ2v) is 6.41. The summed E-state index contributed by atoms with van der Waals surface area (Å²) in [6, 6.07) is 7.48. The first-order chi connectivity index (χ1) is 9.65. The molecule has 2 aliphatic rings. The van der Waals surface area contributed by atoms with Crippen LogP contribution in [0.4, 0.5) is 5.69 Å². The lowest BCUT2D eigenvalue weighted by Crippen LogP contribution is -2.48. The van der Waals surface area contributed by atoms with Crippen LogP contribution in [0.15, 0.2) is 24.3 Å². The second-order valence-electron chi connectivity index (χ2n) is 5.03. The highest BCUT2D eigenvalue weighted by Gasteiger charge is 2.54. The molecule has 1 aromatic carbocycles. The van der Waals surface area contributed by atoms with Crippen LogP contribution >= 0.6 is 11.8 Å². The Labute approximate surface area is 121 Å². The highest BCUT2D eigenvalue weighted by atomic mass is 32.2. The van der Waals surface area contributed by atoms with Gasteiger partial charge in [0.05, 0.1) is 0 Å². The van der Waals surface area contributed by atoms with E-state index in [9.17, 15) is 9.59 Å². The number of amides is 2. The number of benzene rings is 1. The summed E-state index contributed by atoms with van der Waals surface area (Å²) < 4.78 is 0. The molecule has 3 rings (SSSR count).